The zero-order valence-corrected chi connectivity index (χ0v) is 10.6. The fraction of sp³-hybridized carbons (Fsp3) is 0.0714. The van der Waals surface area contributed by atoms with Gasteiger partial charge >= 0.3 is 10.7 Å². The van der Waals surface area contributed by atoms with Crippen LogP contribution >= 0.6 is 11.3 Å². The first-order valence-corrected chi connectivity index (χ1v) is 6.87. The molecule has 4 nitrogen and oxygen atoms in total. The summed E-state index contributed by atoms with van der Waals surface area (Å²) in [4.78, 5) is 9.98. The number of thiophene rings is 1. The lowest BCUT2D eigenvalue weighted by Crippen LogP contribution is -2.29. The molecule has 1 aliphatic rings. The standard InChI is InChI=1S/C14H8N3OS/c1-3-8-9(15-5-1)7-17-13(8)18-12-11-10(19-14(12)17)4-2-6-16-11/h1-6H,7H2/q+1. The van der Waals surface area contributed by atoms with E-state index in [0.29, 0.717) is 0 Å². The molecule has 0 N–H and O–H groups in total. The van der Waals surface area contributed by atoms with Gasteiger partial charge in [0.1, 0.15) is 16.8 Å². The van der Waals surface area contributed by atoms with Crippen molar-refractivity contribution in [2.24, 2.45) is 0 Å². The molecule has 5 heterocycles. The van der Waals surface area contributed by atoms with E-state index >= 15 is 0 Å². The van der Waals surface area contributed by atoms with Crippen molar-refractivity contribution in [1.29, 1.82) is 0 Å². The molecule has 0 fully saturated rings. The molecule has 1 aliphatic heterocycles. The number of fused-ring (bicyclic) bond motifs is 7. The van der Waals surface area contributed by atoms with Crippen LogP contribution in [0.4, 0.5) is 0 Å². The van der Waals surface area contributed by atoms with Gasteiger partial charge in [0.25, 0.3) is 0 Å². The first-order chi connectivity index (χ1) is 9.42. The predicted octanol–water partition coefficient (Wildman–Crippen LogP) is 2.75. The second kappa shape index (κ2) is 3.19. The van der Waals surface area contributed by atoms with Gasteiger partial charge in [-0.25, -0.2) is 0 Å². The molecule has 0 saturated carbocycles. The van der Waals surface area contributed by atoms with Gasteiger partial charge in [-0.05, 0) is 24.3 Å². The average molecular weight is 266 g/mol. The molecular formula is C14H8N3OS+. The third-order valence-electron chi connectivity index (χ3n) is 3.50. The fourth-order valence-electron chi connectivity index (χ4n) is 2.66. The highest BCUT2D eigenvalue weighted by molar-refractivity contribution is 7.24. The lowest BCUT2D eigenvalue weighted by atomic mass is 10.2. The molecule has 0 aromatic carbocycles. The highest BCUT2D eigenvalue weighted by Gasteiger charge is 2.36. The smallest absolute Gasteiger partial charge is 0.384 e. The number of rotatable bonds is 0. The quantitative estimate of drug-likeness (QED) is 0.405. The summed E-state index contributed by atoms with van der Waals surface area (Å²) in [5.74, 6) is 0.900. The minimum atomic E-state index is 0.783. The van der Waals surface area contributed by atoms with E-state index in [-0.39, 0.29) is 0 Å². The Morgan fingerprint density at radius 1 is 1.16 bits per heavy atom. The molecule has 0 bridgehead atoms. The number of nitrogens with zero attached hydrogens (tertiary/aromatic N) is 3. The minimum absolute atomic E-state index is 0.783. The van der Waals surface area contributed by atoms with E-state index in [0.717, 1.165) is 44.3 Å². The lowest BCUT2D eigenvalue weighted by Gasteiger charge is -1.88. The number of hydrogen-bond acceptors (Lipinski definition) is 4. The summed E-state index contributed by atoms with van der Waals surface area (Å²) in [6.45, 7) is 0.783. The van der Waals surface area contributed by atoms with Crippen LogP contribution in [0.2, 0.25) is 0 Å². The van der Waals surface area contributed by atoms with Gasteiger partial charge in [-0.1, -0.05) is 11.3 Å². The molecule has 0 unspecified atom stereocenters. The summed E-state index contributed by atoms with van der Waals surface area (Å²) in [5.41, 5.74) is 4.02. The molecule has 0 atom stereocenters. The summed E-state index contributed by atoms with van der Waals surface area (Å²) in [6, 6.07) is 8.04. The van der Waals surface area contributed by atoms with Crippen LogP contribution in [0.5, 0.6) is 0 Å². The molecule has 4 aromatic heterocycles. The van der Waals surface area contributed by atoms with Crippen LogP contribution in [0.3, 0.4) is 0 Å². The molecule has 0 amide bonds. The Morgan fingerprint density at radius 3 is 3.05 bits per heavy atom. The Morgan fingerprint density at radius 2 is 2.05 bits per heavy atom. The minimum Gasteiger partial charge on any atom is -0.394 e. The topological polar surface area (TPSA) is 42.8 Å². The van der Waals surface area contributed by atoms with Crippen LogP contribution in [0, 0.1) is 0 Å². The first kappa shape index (κ1) is 9.63. The summed E-state index contributed by atoms with van der Waals surface area (Å²) >= 11 is 1.72. The number of oxazole rings is 1. The van der Waals surface area contributed by atoms with Gasteiger partial charge in [0.2, 0.25) is 5.58 Å². The molecule has 0 aliphatic carbocycles. The SMILES string of the molecule is c1cnc2c(c1)-c1oc3c4ncccc4sc3[n+]1C2. The number of hydrogen-bond donors (Lipinski definition) is 0. The zero-order chi connectivity index (χ0) is 12.4. The summed E-state index contributed by atoms with van der Waals surface area (Å²) < 4.78 is 9.42. The third kappa shape index (κ3) is 1.11. The van der Waals surface area contributed by atoms with Gasteiger partial charge in [0.05, 0.1) is 4.70 Å². The highest BCUT2D eigenvalue weighted by atomic mass is 32.1. The lowest BCUT2D eigenvalue weighted by molar-refractivity contribution is -0.647. The van der Waals surface area contributed by atoms with Crippen molar-refractivity contribution < 1.29 is 8.98 Å². The van der Waals surface area contributed by atoms with Gasteiger partial charge in [-0.3, -0.25) is 9.97 Å². The van der Waals surface area contributed by atoms with Crippen molar-refractivity contribution in [3.8, 4) is 11.5 Å². The molecule has 5 heteroatoms. The zero-order valence-electron chi connectivity index (χ0n) is 9.83. The van der Waals surface area contributed by atoms with Gasteiger partial charge in [0, 0.05) is 12.4 Å². The van der Waals surface area contributed by atoms with Gasteiger partial charge in [-0.2, -0.15) is 0 Å². The van der Waals surface area contributed by atoms with Crippen molar-refractivity contribution in [3.63, 3.8) is 0 Å². The number of pyridine rings is 2. The highest BCUT2D eigenvalue weighted by Crippen LogP contribution is 2.37. The second-order valence-electron chi connectivity index (χ2n) is 4.58. The molecule has 4 aromatic rings. The van der Waals surface area contributed by atoms with Crippen LogP contribution in [0.1, 0.15) is 5.69 Å². The molecule has 90 valence electrons. The summed E-state index contributed by atoms with van der Waals surface area (Å²) in [7, 11) is 0. The van der Waals surface area contributed by atoms with E-state index in [4.69, 9.17) is 4.42 Å². The Labute approximate surface area is 112 Å². The van der Waals surface area contributed by atoms with E-state index < -0.39 is 0 Å². The molecule has 19 heavy (non-hydrogen) atoms. The monoisotopic (exact) mass is 266 g/mol. The summed E-state index contributed by atoms with van der Waals surface area (Å²) in [6.07, 6.45) is 3.64. The van der Waals surface area contributed by atoms with E-state index in [2.05, 4.69) is 26.7 Å². The first-order valence-electron chi connectivity index (χ1n) is 6.06. The van der Waals surface area contributed by atoms with Crippen molar-refractivity contribution >= 4 is 32.0 Å². The largest absolute Gasteiger partial charge is 0.394 e. The maximum Gasteiger partial charge on any atom is 0.384 e. The molecular weight excluding hydrogens is 258 g/mol. The normalized spacial score (nSPS) is 13.1. The van der Waals surface area contributed by atoms with Crippen molar-refractivity contribution in [1.82, 2.24) is 9.97 Å². The van der Waals surface area contributed by atoms with Gasteiger partial charge in [0.15, 0.2) is 6.54 Å². The predicted molar refractivity (Wildman–Crippen MR) is 71.9 cm³/mol. The molecule has 0 radical (unpaired) electrons. The fourth-order valence-corrected chi connectivity index (χ4v) is 3.75. The Kier molecular flexibility index (Phi) is 1.62. The maximum atomic E-state index is 6.06. The van der Waals surface area contributed by atoms with Gasteiger partial charge in [-0.15, -0.1) is 4.57 Å². The van der Waals surface area contributed by atoms with Crippen LogP contribution in [0.25, 0.3) is 32.1 Å². The Balaban J connectivity index is 1.93. The molecule has 0 spiro atoms. The Bertz CT molecular complexity index is 954. The Hall–Kier alpha value is -2.27. The molecule has 0 saturated heterocycles. The van der Waals surface area contributed by atoms with Crippen molar-refractivity contribution in [2.45, 2.75) is 6.54 Å². The number of aromatic nitrogens is 3. The van der Waals surface area contributed by atoms with Crippen LogP contribution in [-0.2, 0) is 6.54 Å². The van der Waals surface area contributed by atoms with E-state index in [1.807, 2.05) is 24.5 Å². The van der Waals surface area contributed by atoms with E-state index in [9.17, 15) is 0 Å². The average Bonchev–Trinajstić information content (AvgIpc) is 3.07. The second-order valence-corrected chi connectivity index (χ2v) is 5.61. The van der Waals surface area contributed by atoms with Crippen LogP contribution in [-0.4, -0.2) is 9.97 Å². The third-order valence-corrected chi connectivity index (χ3v) is 4.65. The van der Waals surface area contributed by atoms with Gasteiger partial charge < -0.3 is 4.42 Å². The van der Waals surface area contributed by atoms with E-state index in [1.165, 1.54) is 0 Å². The summed E-state index contributed by atoms with van der Waals surface area (Å²) in [5, 5.41) is 0. The van der Waals surface area contributed by atoms with Crippen LogP contribution < -0.4 is 4.57 Å². The maximum absolute atomic E-state index is 6.06. The van der Waals surface area contributed by atoms with Crippen molar-refractivity contribution in [3.05, 3.63) is 42.4 Å². The van der Waals surface area contributed by atoms with Crippen molar-refractivity contribution in [2.75, 3.05) is 0 Å². The molecule has 5 rings (SSSR count). The van der Waals surface area contributed by atoms with E-state index in [1.54, 1.807) is 11.3 Å². The van der Waals surface area contributed by atoms with Crippen LogP contribution in [0.15, 0.2) is 41.1 Å².